The normalized spacial score (nSPS) is 12.2. The summed E-state index contributed by atoms with van der Waals surface area (Å²) < 4.78 is 16.8. The van der Waals surface area contributed by atoms with Crippen LogP contribution < -0.4 is 16.3 Å². The van der Waals surface area contributed by atoms with Gasteiger partial charge in [-0.3, -0.25) is 14.6 Å². The van der Waals surface area contributed by atoms with Crippen LogP contribution in [-0.2, 0) is 11.9 Å². The average molecular weight is 512 g/mol. The molecule has 8 nitrogen and oxygen atoms in total. The number of hydrogen-bond acceptors (Lipinski definition) is 6. The number of nitrogens with zero attached hydrogens (tertiary/aromatic N) is 2. The molecule has 0 saturated carbocycles. The molecule has 152 valence electrons. The van der Waals surface area contributed by atoms with Crippen LogP contribution in [0.2, 0.25) is 0 Å². The molecule has 3 rings (SSSR count). The second-order valence-electron chi connectivity index (χ2n) is 6.46. The maximum Gasteiger partial charge on any atom is 0.293 e. The number of benzene rings is 1. The van der Waals surface area contributed by atoms with Gasteiger partial charge < -0.3 is 20.1 Å². The first kappa shape index (κ1) is 21.5. The van der Waals surface area contributed by atoms with Crippen LogP contribution in [0, 0.1) is 9.39 Å². The van der Waals surface area contributed by atoms with Crippen molar-refractivity contribution in [3.05, 3.63) is 45.7 Å². The summed E-state index contributed by atoms with van der Waals surface area (Å²) in [6.07, 6.45) is 2.16. The van der Waals surface area contributed by atoms with Crippen molar-refractivity contribution >= 4 is 64.1 Å². The van der Waals surface area contributed by atoms with Crippen LogP contribution >= 0.6 is 22.6 Å². The monoisotopic (exact) mass is 512 g/mol. The number of aromatic nitrogens is 2. The first-order valence-electron chi connectivity index (χ1n) is 8.69. The number of halogens is 2. The van der Waals surface area contributed by atoms with E-state index in [4.69, 9.17) is 9.94 Å². The summed E-state index contributed by atoms with van der Waals surface area (Å²) in [7, 11) is 3.57. The van der Waals surface area contributed by atoms with E-state index in [0.717, 1.165) is 14.5 Å². The molecule has 0 saturated heterocycles. The average Bonchev–Trinajstić information content (AvgIpc) is 2.96. The van der Waals surface area contributed by atoms with Crippen molar-refractivity contribution in [2.45, 2.75) is 6.10 Å². The van der Waals surface area contributed by atoms with Gasteiger partial charge in [0.2, 0.25) is 0 Å². The smallest absolute Gasteiger partial charge is 0.293 e. The topological polar surface area (TPSA) is 109 Å². The number of rotatable bonds is 7. The molecule has 2 heterocycles. The van der Waals surface area contributed by atoms with E-state index in [0.29, 0.717) is 11.1 Å². The first-order chi connectivity index (χ1) is 13.8. The van der Waals surface area contributed by atoms with Crippen LogP contribution in [0.3, 0.4) is 0 Å². The maximum absolute atomic E-state index is 14.4. The zero-order chi connectivity index (χ0) is 21.1. The predicted octanol–water partition coefficient (Wildman–Crippen LogP) is 0.334. The molecule has 0 fully saturated rings. The number of aliphatic hydroxyl groups is 2. The molecule has 0 aliphatic carbocycles. The van der Waals surface area contributed by atoms with E-state index in [-0.39, 0.29) is 18.0 Å². The summed E-state index contributed by atoms with van der Waals surface area (Å²) in [5.74, 6) is -1.05. The molecular weight excluding hydrogens is 493 g/mol. The molecule has 0 aliphatic rings. The Morgan fingerprint density at radius 1 is 1.45 bits per heavy atom. The van der Waals surface area contributed by atoms with Gasteiger partial charge in [0.25, 0.3) is 5.91 Å². The lowest BCUT2D eigenvalue weighted by Crippen LogP contribution is -2.31. The number of aliphatic hydroxyl groups excluding tert-OH is 2. The number of nitrogens with one attached hydrogen (secondary N) is 2. The van der Waals surface area contributed by atoms with Gasteiger partial charge in [0.05, 0.1) is 18.0 Å². The number of amides is 1. The molecular formula is C18H19BFIN4O4. The number of aryl methyl sites for hydroxylation is 1. The van der Waals surface area contributed by atoms with Crippen LogP contribution in [0.15, 0.2) is 30.6 Å². The molecule has 0 unspecified atom stereocenters. The van der Waals surface area contributed by atoms with Crippen LogP contribution in [0.25, 0.3) is 10.9 Å². The van der Waals surface area contributed by atoms with E-state index < -0.39 is 24.4 Å². The van der Waals surface area contributed by atoms with Crippen LogP contribution in [0.5, 0.6) is 0 Å². The fourth-order valence-corrected chi connectivity index (χ4v) is 3.47. The minimum Gasteiger partial charge on any atom is -0.394 e. The van der Waals surface area contributed by atoms with Gasteiger partial charge >= 0.3 is 0 Å². The van der Waals surface area contributed by atoms with Gasteiger partial charge in [0, 0.05) is 33.9 Å². The number of fused-ring (bicyclic) bond motifs is 1. The summed E-state index contributed by atoms with van der Waals surface area (Å²) in [5, 5.41) is 21.8. The number of hydroxylamine groups is 1. The fourth-order valence-electron chi connectivity index (χ4n) is 3.02. The molecule has 0 spiro atoms. The molecule has 1 aromatic carbocycles. The van der Waals surface area contributed by atoms with E-state index in [2.05, 4.69) is 15.8 Å². The van der Waals surface area contributed by atoms with Gasteiger partial charge in [0.1, 0.15) is 32.1 Å². The molecule has 0 bridgehead atoms. The highest BCUT2D eigenvalue weighted by Crippen LogP contribution is 2.32. The highest BCUT2D eigenvalue weighted by molar-refractivity contribution is 14.1. The molecule has 2 aromatic heterocycles. The Morgan fingerprint density at radius 3 is 2.90 bits per heavy atom. The largest absolute Gasteiger partial charge is 0.394 e. The van der Waals surface area contributed by atoms with Gasteiger partial charge in [-0.05, 0) is 46.3 Å². The number of hydrogen-bond donors (Lipinski definition) is 4. The number of anilines is 2. The Bertz CT molecular complexity index is 1060. The van der Waals surface area contributed by atoms with Crippen molar-refractivity contribution in [1.29, 1.82) is 0 Å². The van der Waals surface area contributed by atoms with Crippen LogP contribution in [0.1, 0.15) is 10.5 Å². The Balaban J connectivity index is 2.03. The standard InChI is InChI=1S/C18H19BFIN4O4/c1-25-16-11(5-22-6-12(16)19)15(23-14-3-2-9(21)4-13(14)20)17(25)18(28)24-29-8-10(27)7-26/h2-6,10,23,26-27H,7-8,19H2,1H3,(H,24,28)/t10-/m1/s1. The molecule has 4 N–H and O–H groups in total. The fraction of sp³-hybridized carbons (Fsp3) is 0.222. The molecule has 0 aliphatic heterocycles. The van der Waals surface area contributed by atoms with Crippen molar-refractivity contribution in [2.75, 3.05) is 18.5 Å². The molecule has 0 radical (unpaired) electrons. The molecule has 1 atom stereocenters. The summed E-state index contributed by atoms with van der Waals surface area (Å²) in [6.45, 7) is -0.769. The Kier molecular flexibility index (Phi) is 6.72. The highest BCUT2D eigenvalue weighted by atomic mass is 127. The zero-order valence-corrected chi connectivity index (χ0v) is 17.9. The molecule has 29 heavy (non-hydrogen) atoms. The Labute approximate surface area is 180 Å². The third-order valence-corrected chi connectivity index (χ3v) is 5.01. The SMILES string of the molecule is Bc1cncc2c(Nc3ccc(I)cc3F)c(C(=O)NOC[C@H](O)CO)n(C)c12. The van der Waals surface area contributed by atoms with Crippen molar-refractivity contribution in [1.82, 2.24) is 15.0 Å². The summed E-state index contributed by atoms with van der Waals surface area (Å²) in [4.78, 5) is 22.0. The minimum absolute atomic E-state index is 0.201. The summed E-state index contributed by atoms with van der Waals surface area (Å²) in [6, 6.07) is 4.73. The van der Waals surface area contributed by atoms with E-state index in [9.17, 15) is 14.3 Å². The van der Waals surface area contributed by atoms with E-state index >= 15 is 0 Å². The Morgan fingerprint density at radius 2 is 2.21 bits per heavy atom. The van der Waals surface area contributed by atoms with Gasteiger partial charge in [-0.2, -0.15) is 0 Å². The summed E-state index contributed by atoms with van der Waals surface area (Å²) in [5.41, 5.74) is 4.64. The van der Waals surface area contributed by atoms with Crippen molar-refractivity contribution in [3.63, 3.8) is 0 Å². The number of carbonyl (C=O) groups is 1. The van der Waals surface area contributed by atoms with Crippen LogP contribution in [0.4, 0.5) is 15.8 Å². The van der Waals surface area contributed by atoms with Crippen molar-refractivity contribution < 1.29 is 24.2 Å². The lowest BCUT2D eigenvalue weighted by Gasteiger charge is -2.13. The third-order valence-electron chi connectivity index (χ3n) is 4.33. The molecule has 11 heteroatoms. The maximum atomic E-state index is 14.4. The van der Waals surface area contributed by atoms with Crippen molar-refractivity contribution in [2.24, 2.45) is 7.05 Å². The van der Waals surface area contributed by atoms with Gasteiger partial charge in [-0.15, -0.1) is 0 Å². The van der Waals surface area contributed by atoms with Crippen molar-refractivity contribution in [3.8, 4) is 0 Å². The van der Waals surface area contributed by atoms with E-state index in [1.165, 1.54) is 6.07 Å². The predicted molar refractivity (Wildman–Crippen MR) is 118 cm³/mol. The third kappa shape index (κ3) is 4.52. The number of carbonyl (C=O) groups excluding carboxylic acids is 1. The number of pyridine rings is 1. The highest BCUT2D eigenvalue weighted by Gasteiger charge is 2.23. The molecule has 1 amide bonds. The quantitative estimate of drug-likeness (QED) is 0.207. The Hall–Kier alpha value is -2.22. The molecule has 3 aromatic rings. The lowest BCUT2D eigenvalue weighted by molar-refractivity contribution is -0.0297. The lowest BCUT2D eigenvalue weighted by atomic mass is 9.96. The summed E-state index contributed by atoms with van der Waals surface area (Å²) >= 11 is 2.02. The van der Waals surface area contributed by atoms with Gasteiger partial charge in [0.15, 0.2) is 0 Å². The second-order valence-corrected chi connectivity index (χ2v) is 7.71. The van der Waals surface area contributed by atoms with Gasteiger partial charge in [-0.25, -0.2) is 9.87 Å². The second kappa shape index (κ2) is 9.07. The first-order valence-corrected chi connectivity index (χ1v) is 9.77. The zero-order valence-electron chi connectivity index (χ0n) is 15.7. The minimum atomic E-state index is -1.12. The van der Waals surface area contributed by atoms with Crippen LogP contribution in [-0.4, -0.2) is 52.8 Å². The van der Waals surface area contributed by atoms with Gasteiger partial charge in [-0.1, -0.05) is 0 Å². The van der Waals surface area contributed by atoms with E-state index in [1.807, 2.05) is 30.4 Å². The van der Waals surface area contributed by atoms with E-state index in [1.54, 1.807) is 36.1 Å².